The second kappa shape index (κ2) is 66.4. The van der Waals surface area contributed by atoms with Crippen LogP contribution in [0, 0.1) is 0 Å². The van der Waals surface area contributed by atoms with Crippen LogP contribution in [0.3, 0.4) is 0 Å². The lowest BCUT2D eigenvalue weighted by molar-refractivity contribution is -0.167. The summed E-state index contributed by atoms with van der Waals surface area (Å²) in [6.07, 6.45) is 80.8. The maximum atomic E-state index is 12.9. The molecule has 0 radical (unpaired) electrons. The fourth-order valence-corrected chi connectivity index (χ4v) is 10.7. The van der Waals surface area contributed by atoms with E-state index >= 15 is 0 Å². The quantitative estimate of drug-likeness (QED) is 0.0261. The minimum absolute atomic E-state index is 0.0669. The Morgan fingerprint density at radius 3 is 0.714 bits per heavy atom. The molecule has 77 heavy (non-hydrogen) atoms. The van der Waals surface area contributed by atoms with Crippen molar-refractivity contribution in [3.05, 3.63) is 24.3 Å². The van der Waals surface area contributed by atoms with Crippen molar-refractivity contribution in [2.75, 3.05) is 13.2 Å². The van der Waals surface area contributed by atoms with Crippen LogP contribution in [0.2, 0.25) is 0 Å². The SMILES string of the molecule is CCCCCCC/C=C\C/C=C\CCCCCCCCCCCC(=O)OC(COC(=O)CCCCCCCCCCCC)COC(=O)CCCCCCCCCCCCCCCCCCCCCCCCCCCCCC. The van der Waals surface area contributed by atoms with Gasteiger partial charge in [-0.3, -0.25) is 14.4 Å². The molecule has 0 aliphatic heterocycles. The summed E-state index contributed by atoms with van der Waals surface area (Å²) in [5, 5.41) is 0. The third kappa shape index (κ3) is 64.6. The van der Waals surface area contributed by atoms with Gasteiger partial charge in [0.1, 0.15) is 13.2 Å². The zero-order valence-electron chi connectivity index (χ0n) is 52.3. The normalized spacial score (nSPS) is 12.1. The summed E-state index contributed by atoms with van der Waals surface area (Å²) >= 11 is 0. The first-order valence-corrected chi connectivity index (χ1v) is 34.8. The molecule has 0 N–H and O–H groups in total. The molecule has 0 aromatic rings. The molecule has 454 valence electrons. The van der Waals surface area contributed by atoms with E-state index in [-0.39, 0.29) is 31.1 Å². The van der Waals surface area contributed by atoms with Gasteiger partial charge in [0, 0.05) is 19.3 Å². The van der Waals surface area contributed by atoms with Crippen molar-refractivity contribution in [3.8, 4) is 0 Å². The molecule has 0 fully saturated rings. The molecule has 0 aromatic carbocycles. The highest BCUT2D eigenvalue weighted by atomic mass is 16.6. The molecule has 1 atom stereocenters. The molecule has 6 heteroatoms. The van der Waals surface area contributed by atoms with Gasteiger partial charge in [0.15, 0.2) is 6.10 Å². The van der Waals surface area contributed by atoms with Crippen molar-refractivity contribution >= 4 is 17.9 Å². The van der Waals surface area contributed by atoms with Gasteiger partial charge in [-0.25, -0.2) is 0 Å². The van der Waals surface area contributed by atoms with Gasteiger partial charge in [-0.1, -0.05) is 347 Å². The molecule has 6 nitrogen and oxygen atoms in total. The minimum Gasteiger partial charge on any atom is -0.462 e. The number of ether oxygens (including phenoxy) is 3. The van der Waals surface area contributed by atoms with E-state index in [4.69, 9.17) is 14.2 Å². The van der Waals surface area contributed by atoms with Crippen molar-refractivity contribution < 1.29 is 28.6 Å². The molecular formula is C71H134O6. The monoisotopic (exact) mass is 1080 g/mol. The van der Waals surface area contributed by atoms with Crippen LogP contribution in [0.1, 0.15) is 393 Å². The fraction of sp³-hybridized carbons (Fsp3) is 0.901. The van der Waals surface area contributed by atoms with Gasteiger partial charge in [-0.15, -0.1) is 0 Å². The number of hydrogen-bond acceptors (Lipinski definition) is 6. The lowest BCUT2D eigenvalue weighted by Crippen LogP contribution is -2.30. The van der Waals surface area contributed by atoms with Crippen molar-refractivity contribution in [1.29, 1.82) is 0 Å². The van der Waals surface area contributed by atoms with Crippen molar-refractivity contribution in [1.82, 2.24) is 0 Å². The topological polar surface area (TPSA) is 78.9 Å². The van der Waals surface area contributed by atoms with Gasteiger partial charge in [-0.05, 0) is 51.4 Å². The largest absolute Gasteiger partial charge is 0.462 e. The van der Waals surface area contributed by atoms with Crippen LogP contribution in [-0.4, -0.2) is 37.2 Å². The first-order valence-electron chi connectivity index (χ1n) is 34.8. The predicted molar refractivity (Wildman–Crippen MR) is 335 cm³/mol. The van der Waals surface area contributed by atoms with Gasteiger partial charge in [0.25, 0.3) is 0 Å². The van der Waals surface area contributed by atoms with Crippen LogP contribution in [0.15, 0.2) is 24.3 Å². The molecule has 0 aliphatic carbocycles. The van der Waals surface area contributed by atoms with Crippen LogP contribution in [0.4, 0.5) is 0 Å². The number of carbonyl (C=O) groups is 3. The van der Waals surface area contributed by atoms with Crippen LogP contribution in [0.5, 0.6) is 0 Å². The average Bonchev–Trinajstić information content (AvgIpc) is 3.43. The second-order valence-electron chi connectivity index (χ2n) is 23.8. The van der Waals surface area contributed by atoms with E-state index in [1.165, 1.54) is 289 Å². The van der Waals surface area contributed by atoms with Gasteiger partial charge in [0.05, 0.1) is 0 Å². The van der Waals surface area contributed by atoms with E-state index in [1.807, 2.05) is 0 Å². The summed E-state index contributed by atoms with van der Waals surface area (Å²) in [4.78, 5) is 38.3. The Balaban J connectivity index is 4.12. The van der Waals surface area contributed by atoms with Gasteiger partial charge in [0.2, 0.25) is 0 Å². The van der Waals surface area contributed by atoms with E-state index in [0.29, 0.717) is 19.3 Å². The molecule has 0 aliphatic rings. The average molecular weight is 1080 g/mol. The van der Waals surface area contributed by atoms with Crippen molar-refractivity contribution in [2.45, 2.75) is 399 Å². The lowest BCUT2D eigenvalue weighted by Gasteiger charge is -2.18. The van der Waals surface area contributed by atoms with E-state index in [2.05, 4.69) is 45.1 Å². The highest BCUT2D eigenvalue weighted by Crippen LogP contribution is 2.19. The Labute approximate surface area is 481 Å². The summed E-state index contributed by atoms with van der Waals surface area (Å²) in [5.41, 5.74) is 0. The number of allylic oxidation sites excluding steroid dienone is 4. The summed E-state index contributed by atoms with van der Waals surface area (Å²) < 4.78 is 16.9. The Kier molecular flexibility index (Phi) is 64.6. The second-order valence-corrected chi connectivity index (χ2v) is 23.8. The third-order valence-corrected chi connectivity index (χ3v) is 16.0. The smallest absolute Gasteiger partial charge is 0.306 e. The minimum atomic E-state index is -0.769. The van der Waals surface area contributed by atoms with Crippen LogP contribution < -0.4 is 0 Å². The summed E-state index contributed by atoms with van der Waals surface area (Å²) in [7, 11) is 0. The first-order chi connectivity index (χ1) is 38.0. The van der Waals surface area contributed by atoms with E-state index in [1.54, 1.807) is 0 Å². The Bertz CT molecular complexity index is 1240. The molecule has 0 saturated carbocycles. The molecule has 0 bridgehead atoms. The summed E-state index contributed by atoms with van der Waals surface area (Å²) in [5.74, 6) is -0.844. The van der Waals surface area contributed by atoms with Crippen molar-refractivity contribution in [2.24, 2.45) is 0 Å². The van der Waals surface area contributed by atoms with Crippen LogP contribution in [-0.2, 0) is 28.6 Å². The molecule has 0 heterocycles. The molecule has 1 unspecified atom stereocenters. The van der Waals surface area contributed by atoms with Gasteiger partial charge >= 0.3 is 17.9 Å². The maximum absolute atomic E-state index is 12.9. The Morgan fingerprint density at radius 2 is 0.468 bits per heavy atom. The first kappa shape index (κ1) is 74.9. The zero-order valence-corrected chi connectivity index (χ0v) is 52.3. The Hall–Kier alpha value is -2.11. The highest BCUT2D eigenvalue weighted by molar-refractivity contribution is 5.71. The number of esters is 3. The summed E-state index contributed by atoms with van der Waals surface area (Å²) in [6.45, 7) is 6.69. The number of unbranched alkanes of at least 4 members (excludes halogenated alkanes) is 50. The molecule has 0 aromatic heterocycles. The number of hydrogen-bond donors (Lipinski definition) is 0. The highest BCUT2D eigenvalue weighted by Gasteiger charge is 2.19. The third-order valence-electron chi connectivity index (χ3n) is 16.0. The fourth-order valence-electron chi connectivity index (χ4n) is 10.7. The molecule has 0 spiro atoms. The van der Waals surface area contributed by atoms with Gasteiger partial charge in [-0.2, -0.15) is 0 Å². The maximum Gasteiger partial charge on any atom is 0.306 e. The predicted octanol–water partition coefficient (Wildman–Crippen LogP) is 23.8. The number of rotatable bonds is 65. The molecule has 0 rings (SSSR count). The van der Waals surface area contributed by atoms with Crippen LogP contribution >= 0.6 is 0 Å². The van der Waals surface area contributed by atoms with E-state index < -0.39 is 6.10 Å². The molecule has 0 saturated heterocycles. The number of carbonyl (C=O) groups excluding carboxylic acids is 3. The molecule has 0 amide bonds. The lowest BCUT2D eigenvalue weighted by atomic mass is 10.0. The molecular weight excluding hydrogens is 949 g/mol. The van der Waals surface area contributed by atoms with Gasteiger partial charge < -0.3 is 14.2 Å². The zero-order chi connectivity index (χ0) is 55.7. The van der Waals surface area contributed by atoms with E-state index in [0.717, 1.165) is 64.2 Å². The van der Waals surface area contributed by atoms with Crippen molar-refractivity contribution in [3.63, 3.8) is 0 Å². The Morgan fingerprint density at radius 1 is 0.260 bits per heavy atom. The van der Waals surface area contributed by atoms with Crippen LogP contribution in [0.25, 0.3) is 0 Å². The summed E-state index contributed by atoms with van der Waals surface area (Å²) in [6, 6.07) is 0. The van der Waals surface area contributed by atoms with E-state index in [9.17, 15) is 14.4 Å². The standard InChI is InChI=1S/C71H134O6/c1-4-7-10-13-16-19-22-24-26-28-30-32-33-34-35-36-37-38-40-41-43-45-47-49-52-55-58-61-64-70(73)76-67-68(66-75-69(72)63-60-57-54-51-21-18-15-12-9-6-3)77-71(74)65-62-59-56-53-50-48-46-44-42-39-31-29-27-25-23-20-17-14-11-8-5-2/h23,25,29,31,68H,4-22,24,26-28,30,32-67H2,1-3H3/b25-23-,31-29-.